The highest BCUT2D eigenvalue weighted by Crippen LogP contribution is 2.10. The summed E-state index contributed by atoms with van der Waals surface area (Å²) in [7, 11) is 0. The van der Waals surface area contributed by atoms with E-state index < -0.39 is 0 Å². The van der Waals surface area contributed by atoms with Crippen molar-refractivity contribution in [3.8, 4) is 0 Å². The van der Waals surface area contributed by atoms with Crippen molar-refractivity contribution in [1.82, 2.24) is 4.90 Å². The number of aldehydes is 1. The van der Waals surface area contributed by atoms with Crippen LogP contribution < -0.4 is 0 Å². The normalized spacial score (nSPS) is 11.2. The molecule has 0 atom stereocenters. The number of nitrogens with zero attached hydrogens (tertiary/aromatic N) is 1. The number of rotatable bonds is 24. The average Bonchev–Trinajstić information content (AvgIpc) is 2.74. The van der Waals surface area contributed by atoms with E-state index in [4.69, 9.17) is 4.74 Å². The molecule has 0 amide bonds. The maximum absolute atomic E-state index is 11.7. The van der Waals surface area contributed by atoms with Crippen LogP contribution >= 0.6 is 0 Å². The largest absolute Gasteiger partial charge is 0.466 e. The van der Waals surface area contributed by atoms with E-state index >= 15 is 0 Å². The number of aliphatic hydroxyl groups excluding tert-OH is 1. The molecule has 0 aliphatic rings. The molecule has 0 rings (SSSR count). The first kappa shape index (κ1) is 29.1. The van der Waals surface area contributed by atoms with Crippen molar-refractivity contribution in [3.63, 3.8) is 0 Å². The molecule has 0 aliphatic heterocycles. The van der Waals surface area contributed by atoms with Crippen LogP contribution in [0.5, 0.6) is 0 Å². The molecule has 0 bridgehead atoms. The maximum atomic E-state index is 11.7. The van der Waals surface area contributed by atoms with Crippen LogP contribution in [0, 0.1) is 0 Å². The van der Waals surface area contributed by atoms with E-state index in [2.05, 4.69) is 11.8 Å². The highest BCUT2D eigenvalue weighted by molar-refractivity contribution is 5.69. The lowest BCUT2D eigenvalue weighted by atomic mass is 10.1. The predicted molar refractivity (Wildman–Crippen MR) is 125 cm³/mol. The molecule has 0 aromatic carbocycles. The van der Waals surface area contributed by atoms with Crippen LogP contribution in [0.15, 0.2) is 0 Å². The Bertz CT molecular complexity index is 376. The monoisotopic (exact) mass is 427 g/mol. The van der Waals surface area contributed by atoms with Crippen molar-refractivity contribution in [2.24, 2.45) is 0 Å². The molecule has 0 radical (unpaired) electrons. The van der Waals surface area contributed by atoms with Gasteiger partial charge >= 0.3 is 5.97 Å². The molecule has 0 aromatic rings. The van der Waals surface area contributed by atoms with Gasteiger partial charge in [0.15, 0.2) is 0 Å². The Labute approximate surface area is 185 Å². The molecule has 5 heteroatoms. The summed E-state index contributed by atoms with van der Waals surface area (Å²) in [6.07, 6.45) is 19.5. The van der Waals surface area contributed by atoms with Gasteiger partial charge in [-0.3, -0.25) is 4.79 Å². The Morgan fingerprint density at radius 3 is 1.97 bits per heavy atom. The smallest absolute Gasteiger partial charge is 0.305 e. The van der Waals surface area contributed by atoms with E-state index in [-0.39, 0.29) is 12.6 Å². The van der Waals surface area contributed by atoms with Crippen LogP contribution in [0.25, 0.3) is 0 Å². The number of ether oxygens (including phenoxy) is 1. The summed E-state index contributed by atoms with van der Waals surface area (Å²) in [4.78, 5) is 24.4. The van der Waals surface area contributed by atoms with E-state index in [9.17, 15) is 14.7 Å². The molecule has 5 nitrogen and oxygen atoms in total. The SMILES string of the molecule is CCCCCCCOC(=O)CCCCCCCCCN(CCO)CCCCCC=O. The Balaban J connectivity index is 3.43. The number of carbonyl (C=O) groups excluding carboxylic acids is 2. The first-order valence-electron chi connectivity index (χ1n) is 12.7. The van der Waals surface area contributed by atoms with Gasteiger partial charge in [0.1, 0.15) is 6.29 Å². The molecule has 0 fully saturated rings. The zero-order chi connectivity index (χ0) is 22.1. The highest BCUT2D eigenvalue weighted by Gasteiger charge is 2.05. The minimum absolute atomic E-state index is 0.0272. The lowest BCUT2D eigenvalue weighted by Crippen LogP contribution is -2.29. The van der Waals surface area contributed by atoms with Gasteiger partial charge in [0.2, 0.25) is 0 Å². The summed E-state index contributed by atoms with van der Waals surface area (Å²) >= 11 is 0. The molecule has 0 unspecified atom stereocenters. The quantitative estimate of drug-likeness (QED) is 0.122. The second-order valence-corrected chi connectivity index (χ2v) is 8.44. The maximum Gasteiger partial charge on any atom is 0.305 e. The van der Waals surface area contributed by atoms with Gasteiger partial charge in [0.05, 0.1) is 13.2 Å². The van der Waals surface area contributed by atoms with Crippen molar-refractivity contribution < 1.29 is 19.4 Å². The molecule has 178 valence electrons. The number of hydrogen-bond donors (Lipinski definition) is 1. The molecular formula is C25H49NO4. The summed E-state index contributed by atoms with van der Waals surface area (Å²) in [6, 6.07) is 0. The summed E-state index contributed by atoms with van der Waals surface area (Å²) in [6.45, 7) is 5.84. The van der Waals surface area contributed by atoms with E-state index in [0.717, 1.165) is 64.4 Å². The molecule has 0 saturated carbocycles. The summed E-state index contributed by atoms with van der Waals surface area (Å²) in [5.74, 6) is -0.0272. The van der Waals surface area contributed by atoms with Crippen LogP contribution in [0.1, 0.15) is 116 Å². The third-order valence-electron chi connectivity index (χ3n) is 5.58. The fourth-order valence-electron chi connectivity index (χ4n) is 3.67. The van der Waals surface area contributed by atoms with Crippen molar-refractivity contribution in [2.75, 3.05) is 32.8 Å². The van der Waals surface area contributed by atoms with Gasteiger partial charge in [-0.25, -0.2) is 0 Å². The Hall–Kier alpha value is -0.940. The van der Waals surface area contributed by atoms with Crippen LogP contribution in [-0.2, 0) is 14.3 Å². The first-order valence-corrected chi connectivity index (χ1v) is 12.7. The lowest BCUT2D eigenvalue weighted by molar-refractivity contribution is -0.143. The second kappa shape index (κ2) is 24.3. The molecule has 0 spiro atoms. The third-order valence-corrected chi connectivity index (χ3v) is 5.58. The topological polar surface area (TPSA) is 66.8 Å². The molecule has 0 heterocycles. The van der Waals surface area contributed by atoms with Crippen molar-refractivity contribution in [3.05, 3.63) is 0 Å². The van der Waals surface area contributed by atoms with Gasteiger partial charge in [-0.1, -0.05) is 71.1 Å². The van der Waals surface area contributed by atoms with Crippen LogP contribution in [-0.4, -0.2) is 55.1 Å². The first-order chi connectivity index (χ1) is 14.7. The predicted octanol–water partition coefficient (Wildman–Crippen LogP) is 5.67. The van der Waals surface area contributed by atoms with E-state index in [0.29, 0.717) is 19.4 Å². The molecule has 0 aromatic heterocycles. The molecular weight excluding hydrogens is 378 g/mol. The Kier molecular flexibility index (Phi) is 23.6. The van der Waals surface area contributed by atoms with Gasteiger partial charge in [-0.15, -0.1) is 0 Å². The molecule has 0 aliphatic carbocycles. The van der Waals surface area contributed by atoms with Gasteiger partial charge < -0.3 is 19.5 Å². The van der Waals surface area contributed by atoms with Crippen LogP contribution in [0.2, 0.25) is 0 Å². The van der Waals surface area contributed by atoms with Gasteiger partial charge in [0, 0.05) is 19.4 Å². The third kappa shape index (κ3) is 21.8. The van der Waals surface area contributed by atoms with Crippen LogP contribution in [0.3, 0.4) is 0 Å². The number of hydrogen-bond acceptors (Lipinski definition) is 5. The summed E-state index contributed by atoms with van der Waals surface area (Å²) in [5.41, 5.74) is 0. The fraction of sp³-hybridized carbons (Fsp3) is 0.920. The number of aliphatic hydroxyl groups is 1. The Morgan fingerprint density at radius 2 is 1.33 bits per heavy atom. The van der Waals surface area contributed by atoms with Gasteiger partial charge in [-0.2, -0.15) is 0 Å². The van der Waals surface area contributed by atoms with Crippen molar-refractivity contribution >= 4 is 12.3 Å². The number of carbonyl (C=O) groups is 2. The summed E-state index contributed by atoms with van der Waals surface area (Å²) in [5, 5.41) is 9.21. The standard InChI is InChI=1S/C25H49NO4/c1-2-3-4-12-17-24-30-25(29)18-13-8-6-5-7-9-14-19-26(21-23-28)20-15-10-11-16-22-27/h22,28H,2-21,23-24H2,1H3. The van der Waals surface area contributed by atoms with Crippen molar-refractivity contribution in [2.45, 2.75) is 116 Å². The van der Waals surface area contributed by atoms with E-state index in [1.165, 1.54) is 57.8 Å². The minimum Gasteiger partial charge on any atom is -0.466 e. The average molecular weight is 428 g/mol. The lowest BCUT2D eigenvalue weighted by Gasteiger charge is -2.21. The van der Waals surface area contributed by atoms with Crippen molar-refractivity contribution in [1.29, 1.82) is 0 Å². The zero-order valence-electron chi connectivity index (χ0n) is 19.8. The number of unbranched alkanes of at least 4 members (excludes halogenated alkanes) is 13. The summed E-state index contributed by atoms with van der Waals surface area (Å²) < 4.78 is 5.29. The zero-order valence-corrected chi connectivity index (χ0v) is 19.8. The van der Waals surface area contributed by atoms with Gasteiger partial charge in [-0.05, 0) is 45.2 Å². The van der Waals surface area contributed by atoms with Gasteiger partial charge in [0.25, 0.3) is 0 Å². The molecule has 0 saturated heterocycles. The molecule has 1 N–H and O–H groups in total. The second-order valence-electron chi connectivity index (χ2n) is 8.44. The van der Waals surface area contributed by atoms with E-state index in [1.807, 2.05) is 0 Å². The Morgan fingerprint density at radius 1 is 0.767 bits per heavy atom. The van der Waals surface area contributed by atoms with E-state index in [1.54, 1.807) is 0 Å². The van der Waals surface area contributed by atoms with Crippen LogP contribution in [0.4, 0.5) is 0 Å². The molecule has 30 heavy (non-hydrogen) atoms. The minimum atomic E-state index is -0.0272. The highest BCUT2D eigenvalue weighted by atomic mass is 16.5. The fourth-order valence-corrected chi connectivity index (χ4v) is 3.67. The number of esters is 1.